The number of carboxylic acids is 1. The Morgan fingerprint density at radius 3 is 2.56 bits per heavy atom. The van der Waals surface area contributed by atoms with Crippen LogP contribution in [0.3, 0.4) is 0 Å². The number of fused-ring (bicyclic) bond motifs is 1. The van der Waals surface area contributed by atoms with Crippen molar-refractivity contribution in [3.05, 3.63) is 116 Å². The second-order valence-corrected chi connectivity index (χ2v) is 10.4. The van der Waals surface area contributed by atoms with E-state index in [1.54, 1.807) is 30.5 Å². The van der Waals surface area contributed by atoms with Crippen LogP contribution in [0, 0.1) is 21.7 Å². The van der Waals surface area contributed by atoms with Crippen molar-refractivity contribution in [1.82, 2.24) is 9.97 Å². The van der Waals surface area contributed by atoms with Crippen molar-refractivity contribution in [2.75, 3.05) is 11.5 Å². The molecule has 0 amide bonds. The van der Waals surface area contributed by atoms with Gasteiger partial charge >= 0.3 is 5.97 Å². The van der Waals surface area contributed by atoms with Crippen LogP contribution in [-0.2, 0) is 18.2 Å². The van der Waals surface area contributed by atoms with Gasteiger partial charge in [-0.2, -0.15) is 0 Å². The first kappa shape index (κ1) is 27.5. The van der Waals surface area contributed by atoms with E-state index in [9.17, 15) is 33.6 Å². The predicted octanol–water partition coefficient (Wildman–Crippen LogP) is 5.14. The summed E-state index contributed by atoms with van der Waals surface area (Å²) in [6.45, 7) is 0. The van der Waals surface area contributed by atoms with Gasteiger partial charge < -0.3 is 15.8 Å². The zero-order valence-corrected chi connectivity index (χ0v) is 22.0. The fraction of sp³-hybridized carbons (Fsp3) is 0.0690. The molecule has 0 fully saturated rings. The van der Waals surface area contributed by atoms with Gasteiger partial charge in [-0.25, -0.2) is 18.6 Å². The van der Waals surface area contributed by atoms with Gasteiger partial charge in [0.1, 0.15) is 17.4 Å². The number of aromatic carboxylic acids is 1. The van der Waals surface area contributed by atoms with E-state index in [1.165, 1.54) is 24.3 Å². The number of H-pyrrole nitrogens is 1. The van der Waals surface area contributed by atoms with Crippen LogP contribution in [0.1, 0.15) is 15.9 Å². The number of nitrogens with zero attached hydrogens (tertiary/aromatic N) is 2. The number of thiol groups is 1. The lowest BCUT2D eigenvalue weighted by molar-refractivity contribution is -0.384. The number of nitro groups is 1. The van der Waals surface area contributed by atoms with Crippen molar-refractivity contribution in [1.29, 1.82) is 0 Å². The van der Waals surface area contributed by atoms with E-state index in [1.807, 2.05) is 6.07 Å². The smallest absolute Gasteiger partial charge is 0.335 e. The lowest BCUT2D eigenvalue weighted by Crippen LogP contribution is -2.14. The Hall–Kier alpha value is -5.10. The van der Waals surface area contributed by atoms with Gasteiger partial charge in [-0.3, -0.25) is 14.9 Å². The first-order valence-electron chi connectivity index (χ1n) is 12.2. The van der Waals surface area contributed by atoms with Gasteiger partial charge in [-0.1, -0.05) is 6.07 Å². The normalized spacial score (nSPS) is 11.1. The molecule has 3 aromatic carbocycles. The van der Waals surface area contributed by atoms with Crippen molar-refractivity contribution < 1.29 is 23.6 Å². The zero-order valence-electron chi connectivity index (χ0n) is 21.1. The number of rotatable bonds is 8. The molecule has 0 saturated carbocycles. The first-order chi connectivity index (χ1) is 19.6. The maximum absolute atomic E-state index is 14.0. The lowest BCUT2D eigenvalue weighted by Gasteiger charge is -2.10. The molecule has 0 atom stereocenters. The van der Waals surface area contributed by atoms with E-state index in [-0.39, 0.29) is 22.5 Å². The van der Waals surface area contributed by atoms with Crippen molar-refractivity contribution in [2.24, 2.45) is 0 Å². The third-order valence-corrected chi connectivity index (χ3v) is 7.57. The van der Waals surface area contributed by atoms with Crippen molar-refractivity contribution in [3.8, 4) is 22.3 Å². The third kappa shape index (κ3) is 5.92. The van der Waals surface area contributed by atoms with Crippen LogP contribution in [0.2, 0.25) is 0 Å². The van der Waals surface area contributed by atoms with Crippen LogP contribution in [0.5, 0.6) is 0 Å². The molecule has 0 radical (unpaired) electrons. The number of non-ortho nitro benzene ring substituents is 1. The highest BCUT2D eigenvalue weighted by molar-refractivity contribution is 7.78. The molecule has 0 saturated heterocycles. The number of nitrogens with one attached hydrogen (secondary N) is 1. The summed E-state index contributed by atoms with van der Waals surface area (Å²) in [7, 11) is 0. The van der Waals surface area contributed by atoms with Gasteiger partial charge in [0, 0.05) is 59.1 Å². The average Bonchev–Trinajstić information content (AvgIpc) is 2.94. The molecular weight excluding hydrogens is 554 g/mol. The monoisotopic (exact) mass is 575 g/mol. The van der Waals surface area contributed by atoms with Gasteiger partial charge in [0.15, 0.2) is 10.7 Å². The number of hydrogen-bond donors (Lipinski definition) is 3. The summed E-state index contributed by atoms with van der Waals surface area (Å²) >= 11 is 0.616. The molecule has 5 rings (SSSR count). The molecule has 0 spiro atoms. The van der Waals surface area contributed by atoms with Gasteiger partial charge in [0.2, 0.25) is 0 Å². The molecule has 12 heteroatoms. The maximum Gasteiger partial charge on any atom is 0.335 e. The topological polar surface area (TPSA) is 152 Å². The summed E-state index contributed by atoms with van der Waals surface area (Å²) < 4.78 is 27.1. The number of hydrogen-bond acceptors (Lipinski definition) is 6. The molecule has 0 unspecified atom stereocenters. The largest absolute Gasteiger partial charge is 0.478 e. The van der Waals surface area contributed by atoms with Crippen LogP contribution in [0.4, 0.5) is 20.3 Å². The molecule has 9 nitrogen and oxygen atoms in total. The number of nitrogens with two attached hydrogens (primary N) is 1. The van der Waals surface area contributed by atoms with Crippen LogP contribution < -0.4 is 11.3 Å². The van der Waals surface area contributed by atoms with E-state index < -0.39 is 28.2 Å². The second kappa shape index (κ2) is 11.2. The Balaban J connectivity index is 1.47. The summed E-state index contributed by atoms with van der Waals surface area (Å²) in [5.41, 5.74) is 8.26. The van der Waals surface area contributed by atoms with E-state index in [4.69, 9.17) is 5.73 Å². The molecule has 0 aliphatic rings. The summed E-state index contributed by atoms with van der Waals surface area (Å²) in [6, 6.07) is 15.7. The van der Waals surface area contributed by atoms with E-state index in [2.05, 4.69) is 9.97 Å². The number of nitro benzene ring substituents is 1. The standard InChI is InChI=1S/C29H20F2N4O5S/c30-21-2-4-26(24(31)13-21)41-6-5-16-8-20(14-33-28(16)36)15-1-3-25-18(7-15)12-23(27(32)34-25)17-9-19(29(37)38)11-22(10-17)35(39)40/h1-4,7-14H,5-6H2,(H2,32,34)(H,33,36)(H,37,38)/p+1. The van der Waals surface area contributed by atoms with E-state index >= 15 is 0 Å². The first-order valence-corrected chi connectivity index (χ1v) is 13.2. The SMILES string of the molecule is Nc1nc2ccc(-c3c[nH]c(=O)c(CC[SH+]c4ccc(F)cc4F)c3)cc2cc1-c1cc(C(=O)O)cc([N+](=O)[O-])c1. The Labute approximate surface area is 234 Å². The summed E-state index contributed by atoms with van der Waals surface area (Å²) in [5.74, 6) is -2.09. The Morgan fingerprint density at radius 2 is 1.83 bits per heavy atom. The minimum absolute atomic E-state index is 0.0742. The Bertz CT molecular complexity index is 1880. The Kier molecular flexibility index (Phi) is 7.49. The van der Waals surface area contributed by atoms with Crippen molar-refractivity contribution in [3.63, 3.8) is 0 Å². The summed E-state index contributed by atoms with van der Waals surface area (Å²) in [5, 5.41) is 21.4. The summed E-state index contributed by atoms with van der Waals surface area (Å²) in [6.07, 6.45) is 1.92. The van der Waals surface area contributed by atoms with E-state index in [0.717, 1.165) is 17.7 Å². The minimum atomic E-state index is -1.32. The molecule has 0 bridgehead atoms. The van der Waals surface area contributed by atoms with Gasteiger partial charge in [0.05, 0.1) is 16.0 Å². The fourth-order valence-electron chi connectivity index (χ4n) is 4.39. The molecule has 0 aliphatic carbocycles. The number of carboxylic acid groups (broad SMARTS) is 1. The summed E-state index contributed by atoms with van der Waals surface area (Å²) in [4.78, 5) is 42.2. The highest BCUT2D eigenvalue weighted by atomic mass is 32.2. The number of pyridine rings is 2. The highest BCUT2D eigenvalue weighted by Crippen LogP contribution is 2.33. The number of benzene rings is 3. The predicted molar refractivity (Wildman–Crippen MR) is 153 cm³/mol. The van der Waals surface area contributed by atoms with E-state index in [0.29, 0.717) is 56.4 Å². The molecule has 2 heterocycles. The number of anilines is 1. The molecular formula is C29H21F2N4O5S+. The Morgan fingerprint density at radius 1 is 1.02 bits per heavy atom. The number of nitrogen functional groups attached to an aromatic ring is 1. The zero-order chi connectivity index (χ0) is 29.3. The molecule has 206 valence electrons. The highest BCUT2D eigenvalue weighted by Gasteiger charge is 2.18. The number of aryl methyl sites for hydroxylation is 1. The minimum Gasteiger partial charge on any atom is -0.478 e. The van der Waals surface area contributed by atoms with Gasteiger partial charge in [-0.05, 0) is 59.2 Å². The van der Waals surface area contributed by atoms with Crippen molar-refractivity contribution in [2.45, 2.75) is 11.3 Å². The van der Waals surface area contributed by atoms with Crippen LogP contribution in [0.15, 0.2) is 82.6 Å². The number of aromatic nitrogens is 2. The maximum atomic E-state index is 14.0. The molecule has 41 heavy (non-hydrogen) atoms. The van der Waals surface area contributed by atoms with Crippen LogP contribution in [-0.4, -0.2) is 31.7 Å². The van der Waals surface area contributed by atoms with Gasteiger partial charge in [0.25, 0.3) is 11.2 Å². The lowest BCUT2D eigenvalue weighted by atomic mass is 9.98. The van der Waals surface area contributed by atoms with Crippen LogP contribution >= 0.6 is 0 Å². The average molecular weight is 576 g/mol. The quantitative estimate of drug-likeness (QED) is 0.100. The van der Waals surface area contributed by atoms with Crippen LogP contribution in [0.25, 0.3) is 33.2 Å². The molecule has 2 aromatic heterocycles. The van der Waals surface area contributed by atoms with Gasteiger partial charge in [-0.15, -0.1) is 0 Å². The second-order valence-electron chi connectivity index (χ2n) is 9.13. The molecule has 4 N–H and O–H groups in total. The number of halogens is 2. The molecule has 0 aliphatic heterocycles. The third-order valence-electron chi connectivity index (χ3n) is 6.42. The number of carbonyl (C=O) groups is 1. The number of aromatic amines is 1. The molecule has 5 aromatic rings. The fourth-order valence-corrected chi connectivity index (χ4v) is 5.38. The van der Waals surface area contributed by atoms with Crippen molar-refractivity contribution >= 4 is 40.1 Å².